The van der Waals surface area contributed by atoms with Gasteiger partial charge in [-0.3, -0.25) is 9.59 Å². The van der Waals surface area contributed by atoms with E-state index in [1.54, 1.807) is 29.2 Å². The van der Waals surface area contributed by atoms with Gasteiger partial charge in [0.2, 0.25) is 15.9 Å². The molecule has 1 aromatic rings. The lowest BCUT2D eigenvalue weighted by Crippen LogP contribution is -2.49. The van der Waals surface area contributed by atoms with Crippen LogP contribution in [-0.4, -0.2) is 61.4 Å². The van der Waals surface area contributed by atoms with Crippen LogP contribution >= 0.6 is 0 Å². The van der Waals surface area contributed by atoms with E-state index in [0.29, 0.717) is 37.3 Å². The third-order valence-electron chi connectivity index (χ3n) is 4.63. The highest BCUT2D eigenvalue weighted by Crippen LogP contribution is 2.21. The van der Waals surface area contributed by atoms with Crippen LogP contribution in [0.2, 0.25) is 0 Å². The van der Waals surface area contributed by atoms with Crippen LogP contribution in [0.5, 0.6) is 0 Å². The van der Waals surface area contributed by atoms with Crippen molar-refractivity contribution in [3.05, 3.63) is 29.8 Å². The van der Waals surface area contributed by atoms with Crippen molar-refractivity contribution < 1.29 is 18.0 Å². The van der Waals surface area contributed by atoms with Gasteiger partial charge >= 0.3 is 0 Å². The van der Waals surface area contributed by atoms with Gasteiger partial charge in [0, 0.05) is 30.9 Å². The van der Waals surface area contributed by atoms with Gasteiger partial charge in [0.25, 0.3) is 5.91 Å². The molecule has 1 saturated heterocycles. The Morgan fingerprint density at radius 2 is 1.77 bits per heavy atom. The second kappa shape index (κ2) is 8.64. The number of hydrogen-bond acceptors (Lipinski definition) is 4. The first-order chi connectivity index (χ1) is 12.3. The fourth-order valence-electron chi connectivity index (χ4n) is 3.18. The van der Waals surface area contributed by atoms with Gasteiger partial charge in [-0.15, -0.1) is 0 Å². The molecule has 1 heterocycles. The average Bonchev–Trinajstić information content (AvgIpc) is 2.62. The summed E-state index contributed by atoms with van der Waals surface area (Å²) in [6.07, 6.45) is 3.23. The number of nitrogens with zero attached hydrogens (tertiary/aromatic N) is 2. The molecule has 0 aliphatic carbocycles. The summed E-state index contributed by atoms with van der Waals surface area (Å²) in [7, 11) is -3.42. The first-order valence-electron chi connectivity index (χ1n) is 8.95. The first-order valence-corrected chi connectivity index (χ1v) is 10.8. The van der Waals surface area contributed by atoms with Crippen molar-refractivity contribution in [2.24, 2.45) is 0 Å². The molecule has 1 aromatic carbocycles. The Morgan fingerprint density at radius 3 is 2.31 bits per heavy atom. The van der Waals surface area contributed by atoms with E-state index in [2.05, 4.69) is 5.32 Å². The Hall–Kier alpha value is -1.93. The number of hydrogen-bond donors (Lipinski definition) is 1. The number of carbonyl (C=O) groups is 2. The Bertz CT molecular complexity index is 742. The fourth-order valence-corrected chi connectivity index (χ4v) is 4.30. The first kappa shape index (κ1) is 20.4. The van der Waals surface area contributed by atoms with Crippen LogP contribution < -0.4 is 5.32 Å². The molecule has 0 bridgehead atoms. The minimum Gasteiger partial charge on any atom is -0.339 e. The van der Waals surface area contributed by atoms with E-state index >= 15 is 0 Å². The molecule has 0 saturated carbocycles. The van der Waals surface area contributed by atoms with Crippen LogP contribution in [0.15, 0.2) is 24.3 Å². The maximum atomic E-state index is 12.6. The zero-order valence-electron chi connectivity index (χ0n) is 15.6. The molecule has 26 heavy (non-hydrogen) atoms. The number of piperidine rings is 1. The molecule has 0 spiro atoms. The van der Waals surface area contributed by atoms with E-state index in [-0.39, 0.29) is 11.8 Å². The smallest absolute Gasteiger partial charge is 0.253 e. The van der Waals surface area contributed by atoms with Crippen molar-refractivity contribution in [3.63, 3.8) is 0 Å². The zero-order valence-corrected chi connectivity index (χ0v) is 16.4. The van der Waals surface area contributed by atoms with Crippen LogP contribution in [0.25, 0.3) is 0 Å². The van der Waals surface area contributed by atoms with Gasteiger partial charge in [-0.25, -0.2) is 8.42 Å². The minimum absolute atomic E-state index is 0.0524. The summed E-state index contributed by atoms with van der Waals surface area (Å²) >= 11 is 0. The second-order valence-corrected chi connectivity index (χ2v) is 8.36. The Labute approximate surface area is 155 Å². The molecule has 1 N–H and O–H groups in total. The van der Waals surface area contributed by atoms with Gasteiger partial charge in [-0.05, 0) is 51.0 Å². The van der Waals surface area contributed by atoms with Gasteiger partial charge in [0.1, 0.15) is 6.04 Å². The van der Waals surface area contributed by atoms with Crippen LogP contribution in [0.1, 0.15) is 43.5 Å². The maximum Gasteiger partial charge on any atom is 0.253 e. The lowest BCUT2D eigenvalue weighted by molar-refractivity contribution is -0.120. The topological polar surface area (TPSA) is 86.8 Å². The van der Waals surface area contributed by atoms with Crippen molar-refractivity contribution in [2.45, 2.75) is 39.2 Å². The van der Waals surface area contributed by atoms with Crippen LogP contribution in [0.3, 0.4) is 0 Å². The maximum absolute atomic E-state index is 12.6. The zero-order chi connectivity index (χ0) is 19.3. The van der Waals surface area contributed by atoms with E-state index in [1.807, 2.05) is 13.8 Å². The van der Waals surface area contributed by atoms with Crippen molar-refractivity contribution in [1.82, 2.24) is 9.21 Å². The fraction of sp³-hybridized carbons (Fsp3) is 0.556. The number of nitrogens with one attached hydrogen (secondary N) is 1. The third kappa shape index (κ3) is 4.82. The standard InChI is InChI=1S/C18H27N3O4S/c1-4-20(5-2)18(23)14-9-11-15(12-10-14)19-17(22)16-8-6-7-13-21(16)26(3,24)25/h9-12,16H,4-8,13H2,1-3H3,(H,19,22)/t16-/m1/s1. The summed E-state index contributed by atoms with van der Waals surface area (Å²) in [5.74, 6) is -0.388. The van der Waals surface area contributed by atoms with Crippen LogP contribution in [0, 0.1) is 0 Å². The molecular weight excluding hydrogens is 354 g/mol. The van der Waals surface area contributed by atoms with Crippen molar-refractivity contribution in [1.29, 1.82) is 0 Å². The van der Waals surface area contributed by atoms with Crippen molar-refractivity contribution in [2.75, 3.05) is 31.2 Å². The summed E-state index contributed by atoms with van der Waals surface area (Å²) in [6, 6.07) is 6.00. The number of benzene rings is 1. The highest BCUT2D eigenvalue weighted by atomic mass is 32.2. The summed E-state index contributed by atoms with van der Waals surface area (Å²) < 4.78 is 25.1. The Kier molecular flexibility index (Phi) is 6.77. The van der Waals surface area contributed by atoms with Crippen LogP contribution in [-0.2, 0) is 14.8 Å². The summed E-state index contributed by atoms with van der Waals surface area (Å²) in [5.41, 5.74) is 1.10. The van der Waals surface area contributed by atoms with Gasteiger partial charge in [-0.2, -0.15) is 4.31 Å². The molecule has 8 heteroatoms. The SMILES string of the molecule is CCN(CC)C(=O)c1ccc(NC(=O)[C@H]2CCCCN2S(C)(=O)=O)cc1. The molecule has 2 rings (SSSR count). The molecule has 1 atom stereocenters. The molecule has 0 radical (unpaired) electrons. The number of carbonyl (C=O) groups excluding carboxylic acids is 2. The molecule has 0 unspecified atom stereocenters. The van der Waals surface area contributed by atoms with Gasteiger partial charge in [0.15, 0.2) is 0 Å². The number of anilines is 1. The molecular formula is C18H27N3O4S. The number of sulfonamides is 1. The molecule has 1 aliphatic rings. The van der Waals surface area contributed by atoms with E-state index in [4.69, 9.17) is 0 Å². The van der Waals surface area contributed by atoms with E-state index < -0.39 is 16.1 Å². The summed E-state index contributed by atoms with van der Waals surface area (Å²) in [4.78, 5) is 26.6. The predicted molar refractivity (Wildman–Crippen MR) is 102 cm³/mol. The van der Waals surface area contributed by atoms with Gasteiger partial charge in [0.05, 0.1) is 6.26 Å². The normalized spacial score (nSPS) is 18.3. The summed E-state index contributed by atoms with van der Waals surface area (Å²) in [5, 5.41) is 2.77. The summed E-state index contributed by atoms with van der Waals surface area (Å²) in [6.45, 7) is 5.49. The monoisotopic (exact) mass is 381 g/mol. The molecule has 1 aliphatic heterocycles. The lowest BCUT2D eigenvalue weighted by atomic mass is 10.0. The molecule has 2 amide bonds. The van der Waals surface area contributed by atoms with Crippen molar-refractivity contribution >= 4 is 27.5 Å². The second-order valence-electron chi connectivity index (χ2n) is 6.43. The van der Waals surface area contributed by atoms with Crippen molar-refractivity contribution in [3.8, 4) is 0 Å². The van der Waals surface area contributed by atoms with E-state index in [1.165, 1.54) is 4.31 Å². The predicted octanol–water partition coefficient (Wildman–Crippen LogP) is 1.92. The highest BCUT2D eigenvalue weighted by molar-refractivity contribution is 7.88. The van der Waals surface area contributed by atoms with E-state index in [0.717, 1.165) is 19.1 Å². The van der Waals surface area contributed by atoms with E-state index in [9.17, 15) is 18.0 Å². The minimum atomic E-state index is -3.42. The Balaban J connectivity index is 2.08. The quantitative estimate of drug-likeness (QED) is 0.816. The largest absolute Gasteiger partial charge is 0.339 e. The number of rotatable bonds is 6. The Morgan fingerprint density at radius 1 is 1.15 bits per heavy atom. The third-order valence-corrected chi connectivity index (χ3v) is 5.92. The molecule has 7 nitrogen and oxygen atoms in total. The van der Waals surface area contributed by atoms with Gasteiger partial charge in [-0.1, -0.05) is 6.42 Å². The number of amides is 2. The lowest BCUT2D eigenvalue weighted by Gasteiger charge is -2.32. The molecule has 1 fully saturated rings. The van der Waals surface area contributed by atoms with Crippen LogP contribution in [0.4, 0.5) is 5.69 Å². The van der Waals surface area contributed by atoms with Gasteiger partial charge < -0.3 is 10.2 Å². The molecule has 144 valence electrons. The molecule has 0 aromatic heterocycles. The average molecular weight is 381 g/mol. The highest BCUT2D eigenvalue weighted by Gasteiger charge is 2.34.